The van der Waals surface area contributed by atoms with Gasteiger partial charge in [-0.1, -0.05) is 43.6 Å². The molecular weight excluding hydrogens is 591 g/mol. The van der Waals surface area contributed by atoms with Crippen molar-refractivity contribution in [3.05, 3.63) is 82.3 Å². The highest BCUT2D eigenvalue weighted by atomic mass is 35.5. The zero-order valence-electron chi connectivity index (χ0n) is 25.6. The van der Waals surface area contributed by atoms with Gasteiger partial charge in [-0.15, -0.1) is 0 Å². The summed E-state index contributed by atoms with van der Waals surface area (Å²) in [5, 5.41) is 6.35. The number of primary amides is 1. The van der Waals surface area contributed by atoms with E-state index in [9.17, 15) is 9.59 Å². The van der Waals surface area contributed by atoms with Crippen molar-refractivity contribution in [3.63, 3.8) is 0 Å². The molecule has 1 saturated carbocycles. The number of nitrogens with zero attached hydrogens (tertiary/aromatic N) is 4. The Morgan fingerprint density at radius 2 is 1.87 bits per heavy atom. The average molecular weight is 627 g/mol. The number of rotatable bonds is 7. The van der Waals surface area contributed by atoms with E-state index in [-0.39, 0.29) is 29.5 Å². The molecule has 4 heterocycles. The molecule has 1 aliphatic carbocycles. The molecule has 45 heavy (non-hydrogen) atoms. The number of hydrogen-bond donors (Lipinski definition) is 2. The molecule has 2 aliphatic rings. The molecule has 7 rings (SSSR count). The first-order chi connectivity index (χ1) is 21.5. The topological polar surface area (TPSA) is 112 Å². The second-order valence-electron chi connectivity index (χ2n) is 12.7. The van der Waals surface area contributed by atoms with E-state index in [1.807, 2.05) is 39.0 Å². The Balaban J connectivity index is 1.32. The predicted molar refractivity (Wildman–Crippen MR) is 175 cm³/mol. The highest BCUT2D eigenvalue weighted by Crippen LogP contribution is 2.39. The maximum Gasteiger partial charge on any atom is 0.255 e. The second-order valence-corrected chi connectivity index (χ2v) is 13.2. The highest BCUT2D eigenvalue weighted by Gasteiger charge is 2.39. The van der Waals surface area contributed by atoms with Gasteiger partial charge in [0.25, 0.3) is 5.91 Å². The first kappa shape index (κ1) is 29.5. The number of nitrogens with two attached hydrogens (primary N) is 2. The third-order valence-electron chi connectivity index (χ3n) is 9.68. The summed E-state index contributed by atoms with van der Waals surface area (Å²) >= 11 is 6.59. The lowest BCUT2D eigenvalue weighted by Gasteiger charge is -2.25. The van der Waals surface area contributed by atoms with Crippen LogP contribution in [0.4, 0.5) is 4.39 Å². The van der Waals surface area contributed by atoms with Gasteiger partial charge in [0.05, 0.1) is 11.3 Å². The summed E-state index contributed by atoms with van der Waals surface area (Å²) in [5.41, 5.74) is 17.8. The fourth-order valence-electron chi connectivity index (χ4n) is 6.96. The van der Waals surface area contributed by atoms with Crippen molar-refractivity contribution in [2.45, 2.75) is 58.7 Å². The lowest BCUT2D eigenvalue weighted by Crippen LogP contribution is -2.42. The molecule has 2 fully saturated rings. The molecule has 0 spiro atoms. The van der Waals surface area contributed by atoms with Gasteiger partial charge < -0.3 is 20.9 Å². The van der Waals surface area contributed by atoms with E-state index in [0.717, 1.165) is 53.5 Å². The number of aromatic nitrogens is 3. The molecule has 5 aromatic rings. The molecule has 4 N–H and O–H groups in total. The van der Waals surface area contributed by atoms with Gasteiger partial charge in [-0.2, -0.15) is 5.10 Å². The minimum atomic E-state index is -0.530. The first-order valence-electron chi connectivity index (χ1n) is 15.5. The van der Waals surface area contributed by atoms with Crippen molar-refractivity contribution in [2.75, 3.05) is 6.54 Å². The van der Waals surface area contributed by atoms with Gasteiger partial charge in [0.2, 0.25) is 5.91 Å². The molecule has 2 unspecified atom stereocenters. The summed E-state index contributed by atoms with van der Waals surface area (Å²) in [7, 11) is 0. The number of halogens is 2. The third kappa shape index (κ3) is 4.98. The Morgan fingerprint density at radius 1 is 1.09 bits per heavy atom. The standard InChI is InChI=1S/C35H36ClFN6O2/c1-4-28-31(38)18(2)15-42(28)35(45)24-12-27(37)33-19(3)32(40-43(33)17-24)30-14-22-8-7-21(13-29(22)41(30)16-20-5-6-20)25-10-9-23(34(39)44)11-26(25)36/h7-14,17-18,20,28,31H,4-6,15-16,38H2,1-3H3,(H2,39,44)/t18?,28?,31-/m1/s1. The predicted octanol–water partition coefficient (Wildman–Crippen LogP) is 6.43. The smallest absolute Gasteiger partial charge is 0.255 e. The summed E-state index contributed by atoms with van der Waals surface area (Å²) in [6, 6.07) is 14.5. The van der Waals surface area contributed by atoms with Crippen molar-refractivity contribution in [3.8, 4) is 22.5 Å². The van der Waals surface area contributed by atoms with Gasteiger partial charge >= 0.3 is 0 Å². The Labute approximate surface area is 265 Å². The van der Waals surface area contributed by atoms with Crippen LogP contribution in [-0.4, -0.2) is 49.5 Å². The summed E-state index contributed by atoms with van der Waals surface area (Å²) in [6.45, 7) is 7.30. The van der Waals surface area contributed by atoms with Gasteiger partial charge in [-0.05, 0) is 73.9 Å². The number of likely N-dealkylation sites (tertiary alicyclic amines) is 1. The maximum atomic E-state index is 15.8. The van der Waals surface area contributed by atoms with Crippen molar-refractivity contribution < 1.29 is 14.0 Å². The zero-order chi connectivity index (χ0) is 31.7. The number of hydrogen-bond acceptors (Lipinski definition) is 4. The number of fused-ring (bicyclic) bond motifs is 2. The lowest BCUT2D eigenvalue weighted by atomic mass is 10.0. The number of carbonyl (C=O) groups excluding carboxylic acids is 2. The van der Waals surface area contributed by atoms with Crippen LogP contribution in [0.3, 0.4) is 0 Å². The second kappa shape index (κ2) is 11.0. The molecule has 232 valence electrons. The van der Waals surface area contributed by atoms with Crippen molar-refractivity contribution in [1.29, 1.82) is 0 Å². The van der Waals surface area contributed by atoms with Crippen LogP contribution in [0.2, 0.25) is 5.02 Å². The fourth-order valence-corrected chi connectivity index (χ4v) is 7.24. The number of benzene rings is 2. The fraction of sp³-hybridized carbons (Fsp3) is 0.343. The number of amides is 2. The quantitative estimate of drug-likeness (QED) is 0.217. The number of aryl methyl sites for hydroxylation is 1. The molecule has 0 radical (unpaired) electrons. The summed E-state index contributed by atoms with van der Waals surface area (Å²) < 4.78 is 19.6. The van der Waals surface area contributed by atoms with Crippen LogP contribution in [0.15, 0.2) is 54.7 Å². The van der Waals surface area contributed by atoms with Crippen LogP contribution in [-0.2, 0) is 6.54 Å². The van der Waals surface area contributed by atoms with Gasteiger partial charge in [0.1, 0.15) is 17.0 Å². The van der Waals surface area contributed by atoms with E-state index < -0.39 is 11.7 Å². The normalized spacial score (nSPS) is 20.0. The zero-order valence-corrected chi connectivity index (χ0v) is 26.3. The Morgan fingerprint density at radius 3 is 2.56 bits per heavy atom. The molecule has 2 aromatic carbocycles. The summed E-state index contributed by atoms with van der Waals surface area (Å²) in [6.07, 6.45) is 4.69. The molecule has 3 atom stereocenters. The lowest BCUT2D eigenvalue weighted by molar-refractivity contribution is 0.0724. The van der Waals surface area contributed by atoms with E-state index in [1.165, 1.54) is 10.6 Å². The van der Waals surface area contributed by atoms with E-state index in [1.54, 1.807) is 23.2 Å². The number of pyridine rings is 1. The summed E-state index contributed by atoms with van der Waals surface area (Å²) in [5.74, 6) is -0.513. The van der Waals surface area contributed by atoms with Crippen molar-refractivity contribution in [1.82, 2.24) is 19.1 Å². The van der Waals surface area contributed by atoms with Crippen LogP contribution < -0.4 is 11.5 Å². The minimum absolute atomic E-state index is 0.0832. The van der Waals surface area contributed by atoms with E-state index in [2.05, 4.69) is 16.7 Å². The molecule has 1 aliphatic heterocycles. The van der Waals surface area contributed by atoms with Crippen LogP contribution >= 0.6 is 11.6 Å². The monoisotopic (exact) mass is 626 g/mol. The van der Waals surface area contributed by atoms with Gasteiger partial charge in [0, 0.05) is 64.0 Å². The van der Waals surface area contributed by atoms with Crippen LogP contribution in [0.5, 0.6) is 0 Å². The molecule has 10 heteroatoms. The molecular formula is C35H36ClFN6O2. The van der Waals surface area contributed by atoms with E-state index in [0.29, 0.717) is 39.8 Å². The van der Waals surface area contributed by atoms with E-state index in [4.69, 9.17) is 28.2 Å². The maximum absolute atomic E-state index is 15.8. The van der Waals surface area contributed by atoms with E-state index >= 15 is 4.39 Å². The molecule has 1 saturated heterocycles. The Hall–Kier alpha value is -4.21. The van der Waals surface area contributed by atoms with Crippen LogP contribution in [0, 0.1) is 24.6 Å². The molecule has 8 nitrogen and oxygen atoms in total. The number of carbonyl (C=O) groups is 2. The van der Waals surface area contributed by atoms with Gasteiger partial charge in [0.15, 0.2) is 0 Å². The van der Waals surface area contributed by atoms with Crippen LogP contribution in [0.1, 0.15) is 59.4 Å². The summed E-state index contributed by atoms with van der Waals surface area (Å²) in [4.78, 5) is 27.0. The SMILES string of the molecule is CCC1[C@H](N)C(C)CN1C(=O)c1cc(F)c2c(C)c(-c3cc4ccc(-c5ccc(C(N)=O)cc5Cl)cc4n3CC3CC3)nn2c1. The van der Waals surface area contributed by atoms with Crippen molar-refractivity contribution >= 4 is 39.8 Å². The highest BCUT2D eigenvalue weighted by molar-refractivity contribution is 6.33. The Kier molecular flexibility index (Phi) is 7.21. The first-order valence-corrected chi connectivity index (χ1v) is 15.9. The van der Waals surface area contributed by atoms with Gasteiger partial charge in [-0.25, -0.2) is 8.91 Å². The molecule has 2 amide bonds. The van der Waals surface area contributed by atoms with Crippen molar-refractivity contribution in [2.24, 2.45) is 23.3 Å². The molecule has 3 aromatic heterocycles. The third-order valence-corrected chi connectivity index (χ3v) is 9.99. The van der Waals surface area contributed by atoms with Crippen LogP contribution in [0.25, 0.3) is 38.9 Å². The van der Waals surface area contributed by atoms with Gasteiger partial charge in [-0.3, -0.25) is 9.59 Å². The average Bonchev–Trinajstić information content (AvgIpc) is 3.59. The minimum Gasteiger partial charge on any atom is -0.366 e. The molecule has 0 bridgehead atoms. The largest absolute Gasteiger partial charge is 0.366 e. The Bertz CT molecular complexity index is 2010.